The van der Waals surface area contributed by atoms with Gasteiger partial charge in [0.05, 0.1) is 6.26 Å². The lowest BCUT2D eigenvalue weighted by Gasteiger charge is -2.12. The summed E-state index contributed by atoms with van der Waals surface area (Å²) >= 11 is 0. The standard InChI is InChI=1S/C23H22N8O3S/c1-35(33,34)31-22(32)18-15-27-20(16-7-3-2-4-8-16)30-21(18)28-19-11-14-26-23(29-19)25-13-10-17-9-5-6-12-24-17/h2-9,11-12,14-15H,10,13H2,1H3,(H,31,32)(H2,25,26,27,28,29,30). The molecule has 0 aliphatic rings. The normalized spacial score (nSPS) is 11.0. The van der Waals surface area contributed by atoms with E-state index in [0.717, 1.165) is 17.5 Å². The van der Waals surface area contributed by atoms with Crippen molar-refractivity contribution in [2.24, 2.45) is 0 Å². The maximum atomic E-state index is 12.6. The first-order valence-corrected chi connectivity index (χ1v) is 12.4. The van der Waals surface area contributed by atoms with Crippen molar-refractivity contribution < 1.29 is 13.2 Å². The van der Waals surface area contributed by atoms with E-state index in [0.29, 0.717) is 30.6 Å². The second kappa shape index (κ2) is 10.7. The van der Waals surface area contributed by atoms with Crippen LogP contribution in [0.25, 0.3) is 11.4 Å². The van der Waals surface area contributed by atoms with E-state index in [1.54, 1.807) is 18.5 Å². The van der Waals surface area contributed by atoms with Gasteiger partial charge in [-0.1, -0.05) is 36.4 Å². The molecule has 4 rings (SSSR count). The molecule has 35 heavy (non-hydrogen) atoms. The van der Waals surface area contributed by atoms with Crippen LogP contribution in [0, 0.1) is 0 Å². The van der Waals surface area contributed by atoms with Gasteiger partial charge in [-0.15, -0.1) is 0 Å². The van der Waals surface area contributed by atoms with E-state index in [2.05, 4.69) is 35.6 Å². The predicted molar refractivity (Wildman–Crippen MR) is 132 cm³/mol. The molecular weight excluding hydrogens is 468 g/mol. The molecule has 0 saturated carbocycles. The Hall–Kier alpha value is -4.45. The van der Waals surface area contributed by atoms with Crippen molar-refractivity contribution in [3.63, 3.8) is 0 Å². The number of hydrogen-bond acceptors (Lipinski definition) is 10. The highest BCUT2D eigenvalue weighted by molar-refractivity contribution is 7.89. The molecule has 1 amide bonds. The summed E-state index contributed by atoms with van der Waals surface area (Å²) in [5, 5.41) is 6.12. The van der Waals surface area contributed by atoms with E-state index < -0.39 is 15.9 Å². The molecule has 0 spiro atoms. The SMILES string of the molecule is CS(=O)(=O)NC(=O)c1cnc(-c2ccccc2)nc1Nc1ccnc(NCCc2ccccn2)n1. The van der Waals surface area contributed by atoms with Gasteiger partial charge in [0.2, 0.25) is 16.0 Å². The van der Waals surface area contributed by atoms with Gasteiger partial charge in [0.1, 0.15) is 17.2 Å². The molecule has 0 aliphatic heterocycles. The lowest BCUT2D eigenvalue weighted by Crippen LogP contribution is -2.30. The van der Waals surface area contributed by atoms with Crippen molar-refractivity contribution >= 4 is 33.5 Å². The van der Waals surface area contributed by atoms with Crippen LogP contribution in [0.15, 0.2) is 73.2 Å². The van der Waals surface area contributed by atoms with E-state index in [4.69, 9.17) is 0 Å². The molecule has 0 unspecified atom stereocenters. The fraction of sp³-hybridized carbons (Fsp3) is 0.130. The average Bonchev–Trinajstić information content (AvgIpc) is 2.84. The van der Waals surface area contributed by atoms with Crippen LogP contribution in [0.2, 0.25) is 0 Å². The van der Waals surface area contributed by atoms with Crippen molar-refractivity contribution in [2.45, 2.75) is 6.42 Å². The zero-order valence-corrected chi connectivity index (χ0v) is 19.5. The quantitative estimate of drug-likeness (QED) is 0.319. The van der Waals surface area contributed by atoms with Crippen LogP contribution in [0.3, 0.4) is 0 Å². The summed E-state index contributed by atoms with van der Waals surface area (Å²) in [7, 11) is -3.79. The highest BCUT2D eigenvalue weighted by atomic mass is 32.2. The monoisotopic (exact) mass is 490 g/mol. The molecule has 4 aromatic rings. The number of amides is 1. The number of carbonyl (C=O) groups excluding carboxylic acids is 1. The van der Waals surface area contributed by atoms with Crippen molar-refractivity contribution in [2.75, 3.05) is 23.4 Å². The topological polar surface area (TPSA) is 152 Å². The lowest BCUT2D eigenvalue weighted by atomic mass is 10.2. The molecule has 3 aromatic heterocycles. The fourth-order valence-corrected chi connectivity index (χ4v) is 3.52. The van der Waals surface area contributed by atoms with Crippen LogP contribution >= 0.6 is 0 Å². The Kier molecular flexibility index (Phi) is 7.21. The van der Waals surface area contributed by atoms with Crippen LogP contribution in [0.1, 0.15) is 16.1 Å². The maximum absolute atomic E-state index is 12.6. The summed E-state index contributed by atoms with van der Waals surface area (Å²) in [5.41, 5.74) is 1.61. The Morgan fingerprint density at radius 2 is 1.71 bits per heavy atom. The summed E-state index contributed by atoms with van der Waals surface area (Å²) in [6.45, 7) is 0.564. The van der Waals surface area contributed by atoms with E-state index in [1.165, 1.54) is 6.20 Å². The first-order valence-electron chi connectivity index (χ1n) is 10.6. The number of pyridine rings is 1. The van der Waals surface area contributed by atoms with Crippen molar-refractivity contribution in [1.82, 2.24) is 29.6 Å². The van der Waals surface area contributed by atoms with Crippen LogP contribution < -0.4 is 15.4 Å². The van der Waals surface area contributed by atoms with Crippen LogP contribution in [-0.4, -0.2) is 52.0 Å². The van der Waals surface area contributed by atoms with Gasteiger partial charge in [-0.25, -0.2) is 28.1 Å². The number of sulfonamides is 1. The van der Waals surface area contributed by atoms with E-state index in [-0.39, 0.29) is 11.4 Å². The predicted octanol–water partition coefficient (Wildman–Crippen LogP) is 2.42. The number of benzene rings is 1. The zero-order valence-electron chi connectivity index (χ0n) is 18.7. The Bertz CT molecular complexity index is 1420. The molecule has 0 radical (unpaired) electrons. The van der Waals surface area contributed by atoms with Crippen molar-refractivity contribution in [3.05, 3.63) is 84.4 Å². The fourth-order valence-electron chi connectivity index (χ4n) is 3.08. The summed E-state index contributed by atoms with van der Waals surface area (Å²) in [6, 6.07) is 16.5. The number of carbonyl (C=O) groups is 1. The number of nitrogens with zero attached hydrogens (tertiary/aromatic N) is 5. The van der Waals surface area contributed by atoms with E-state index >= 15 is 0 Å². The largest absolute Gasteiger partial charge is 0.354 e. The minimum absolute atomic E-state index is 0.0571. The molecule has 0 atom stereocenters. The molecule has 12 heteroatoms. The number of nitrogens with one attached hydrogen (secondary N) is 3. The maximum Gasteiger partial charge on any atom is 0.270 e. The summed E-state index contributed by atoms with van der Waals surface area (Å²) < 4.78 is 25.1. The van der Waals surface area contributed by atoms with Crippen molar-refractivity contribution in [1.29, 1.82) is 0 Å². The average molecular weight is 491 g/mol. The second-order valence-electron chi connectivity index (χ2n) is 7.41. The lowest BCUT2D eigenvalue weighted by molar-refractivity contribution is 0.0982. The Labute approximate surface area is 202 Å². The molecule has 0 bridgehead atoms. The third-order valence-electron chi connectivity index (χ3n) is 4.64. The molecular formula is C23H22N8O3S. The molecule has 178 valence electrons. The summed E-state index contributed by atoms with van der Waals surface area (Å²) in [5.74, 6) is 0.305. The number of rotatable bonds is 9. The van der Waals surface area contributed by atoms with Gasteiger partial charge >= 0.3 is 0 Å². The third-order valence-corrected chi connectivity index (χ3v) is 5.19. The van der Waals surface area contributed by atoms with Gasteiger partial charge in [-0.3, -0.25) is 9.78 Å². The second-order valence-corrected chi connectivity index (χ2v) is 9.16. The van der Waals surface area contributed by atoms with Gasteiger partial charge in [-0.05, 0) is 18.2 Å². The van der Waals surface area contributed by atoms with Crippen molar-refractivity contribution in [3.8, 4) is 11.4 Å². The molecule has 0 fully saturated rings. The minimum atomic E-state index is -3.79. The third kappa shape index (κ3) is 6.77. The highest BCUT2D eigenvalue weighted by Gasteiger charge is 2.19. The van der Waals surface area contributed by atoms with Gasteiger partial charge in [-0.2, -0.15) is 4.98 Å². The molecule has 0 aliphatic carbocycles. The van der Waals surface area contributed by atoms with E-state index in [1.807, 2.05) is 53.3 Å². The zero-order chi connectivity index (χ0) is 24.7. The van der Waals surface area contributed by atoms with Crippen LogP contribution in [-0.2, 0) is 16.4 Å². The number of anilines is 3. The van der Waals surface area contributed by atoms with Crippen LogP contribution in [0.5, 0.6) is 0 Å². The molecule has 3 N–H and O–H groups in total. The van der Waals surface area contributed by atoms with Gasteiger partial charge in [0.15, 0.2) is 5.82 Å². The van der Waals surface area contributed by atoms with E-state index in [9.17, 15) is 13.2 Å². The minimum Gasteiger partial charge on any atom is -0.354 e. The number of hydrogen-bond donors (Lipinski definition) is 3. The molecule has 11 nitrogen and oxygen atoms in total. The number of aromatic nitrogens is 5. The first kappa shape index (κ1) is 23.7. The summed E-state index contributed by atoms with van der Waals surface area (Å²) in [6.07, 6.45) is 6.13. The molecule has 1 aromatic carbocycles. The van der Waals surface area contributed by atoms with Gasteiger partial charge in [0, 0.05) is 42.8 Å². The van der Waals surface area contributed by atoms with Crippen LogP contribution in [0.4, 0.5) is 17.6 Å². The van der Waals surface area contributed by atoms with Gasteiger partial charge in [0.25, 0.3) is 5.91 Å². The molecule has 0 saturated heterocycles. The Morgan fingerprint density at radius 3 is 2.46 bits per heavy atom. The Morgan fingerprint density at radius 1 is 0.914 bits per heavy atom. The Balaban J connectivity index is 1.57. The highest BCUT2D eigenvalue weighted by Crippen LogP contribution is 2.22. The van der Waals surface area contributed by atoms with Gasteiger partial charge < -0.3 is 10.6 Å². The smallest absolute Gasteiger partial charge is 0.270 e. The molecule has 3 heterocycles. The summed E-state index contributed by atoms with van der Waals surface area (Å²) in [4.78, 5) is 34.2. The first-order chi connectivity index (χ1) is 16.9.